The minimum absolute atomic E-state index is 0.0774. The van der Waals surface area contributed by atoms with Crippen LogP contribution in [-0.4, -0.2) is 4.92 Å². The molecule has 98 valence electrons. The predicted molar refractivity (Wildman–Crippen MR) is 76.2 cm³/mol. The maximum atomic E-state index is 10.8. The van der Waals surface area contributed by atoms with Crippen molar-refractivity contribution in [2.75, 3.05) is 5.73 Å². The lowest BCUT2D eigenvalue weighted by molar-refractivity contribution is -0.384. The van der Waals surface area contributed by atoms with E-state index in [9.17, 15) is 10.1 Å². The number of nitro benzene ring substituents is 1. The highest BCUT2D eigenvalue weighted by atomic mass is 16.6. The third-order valence-electron chi connectivity index (χ3n) is 3.01. The van der Waals surface area contributed by atoms with Gasteiger partial charge in [-0.2, -0.15) is 0 Å². The Bertz CT molecular complexity index is 616. The molecule has 0 aliphatic heterocycles. The van der Waals surface area contributed by atoms with E-state index >= 15 is 0 Å². The first-order valence-corrected chi connectivity index (χ1v) is 6.05. The van der Waals surface area contributed by atoms with Crippen molar-refractivity contribution < 1.29 is 4.92 Å². The first-order valence-electron chi connectivity index (χ1n) is 6.05. The highest BCUT2D eigenvalue weighted by molar-refractivity contribution is 5.54. The molecular formula is C15H16N2O2. The lowest BCUT2D eigenvalue weighted by atomic mass is 9.99. The molecule has 2 aromatic rings. The van der Waals surface area contributed by atoms with Crippen LogP contribution in [0.4, 0.5) is 11.4 Å². The average molecular weight is 256 g/mol. The van der Waals surface area contributed by atoms with E-state index in [2.05, 4.69) is 18.2 Å². The zero-order valence-corrected chi connectivity index (χ0v) is 11.0. The molecule has 0 amide bonds. The number of hydrogen-bond acceptors (Lipinski definition) is 3. The van der Waals surface area contributed by atoms with Crippen LogP contribution in [-0.2, 0) is 6.42 Å². The van der Waals surface area contributed by atoms with Crippen molar-refractivity contribution in [3.63, 3.8) is 0 Å². The smallest absolute Gasteiger partial charge is 0.269 e. The molecule has 2 N–H and O–H groups in total. The summed E-state index contributed by atoms with van der Waals surface area (Å²) in [5, 5.41) is 10.8. The Labute approximate surface area is 112 Å². The lowest BCUT2D eigenvalue weighted by Gasteiger charge is -2.08. The molecule has 0 saturated carbocycles. The first kappa shape index (κ1) is 13.1. The van der Waals surface area contributed by atoms with Gasteiger partial charge in [-0.3, -0.25) is 10.1 Å². The zero-order valence-electron chi connectivity index (χ0n) is 11.0. The van der Waals surface area contributed by atoms with Crippen LogP contribution in [0.25, 0.3) is 0 Å². The van der Waals surface area contributed by atoms with Crippen LogP contribution < -0.4 is 5.73 Å². The van der Waals surface area contributed by atoms with Crippen molar-refractivity contribution in [2.24, 2.45) is 0 Å². The van der Waals surface area contributed by atoms with Gasteiger partial charge in [0.15, 0.2) is 0 Å². The SMILES string of the molecule is Cc1cc(C)cc(Cc2cc([N+](=O)[O-])ccc2N)c1. The summed E-state index contributed by atoms with van der Waals surface area (Å²) >= 11 is 0. The van der Waals surface area contributed by atoms with Gasteiger partial charge in [0.1, 0.15) is 0 Å². The number of anilines is 1. The molecule has 0 radical (unpaired) electrons. The fourth-order valence-corrected chi connectivity index (χ4v) is 2.25. The van der Waals surface area contributed by atoms with Crippen molar-refractivity contribution in [1.82, 2.24) is 0 Å². The molecule has 19 heavy (non-hydrogen) atoms. The Morgan fingerprint density at radius 1 is 1.11 bits per heavy atom. The van der Waals surface area contributed by atoms with Crippen LogP contribution >= 0.6 is 0 Å². The van der Waals surface area contributed by atoms with Gasteiger partial charge in [0, 0.05) is 17.8 Å². The predicted octanol–water partition coefficient (Wildman–Crippen LogP) is 3.38. The maximum absolute atomic E-state index is 10.8. The molecule has 0 unspecified atom stereocenters. The molecule has 0 fully saturated rings. The van der Waals surface area contributed by atoms with E-state index < -0.39 is 4.92 Å². The van der Waals surface area contributed by atoms with E-state index in [1.54, 1.807) is 12.1 Å². The topological polar surface area (TPSA) is 69.2 Å². The normalized spacial score (nSPS) is 10.4. The summed E-state index contributed by atoms with van der Waals surface area (Å²) in [4.78, 5) is 10.4. The number of non-ortho nitro benzene ring substituents is 1. The van der Waals surface area contributed by atoms with Gasteiger partial charge >= 0.3 is 0 Å². The van der Waals surface area contributed by atoms with Gasteiger partial charge in [-0.05, 0) is 37.5 Å². The van der Waals surface area contributed by atoms with Gasteiger partial charge in [-0.25, -0.2) is 0 Å². The molecule has 4 nitrogen and oxygen atoms in total. The highest BCUT2D eigenvalue weighted by Gasteiger charge is 2.10. The maximum Gasteiger partial charge on any atom is 0.269 e. The fourth-order valence-electron chi connectivity index (χ4n) is 2.25. The van der Waals surface area contributed by atoms with Crippen molar-refractivity contribution in [1.29, 1.82) is 0 Å². The number of nitro groups is 1. The molecule has 0 aromatic heterocycles. The number of nitrogens with zero attached hydrogens (tertiary/aromatic N) is 1. The number of benzene rings is 2. The fraction of sp³-hybridized carbons (Fsp3) is 0.200. The summed E-state index contributed by atoms with van der Waals surface area (Å²) in [6.07, 6.45) is 0.607. The molecule has 2 aromatic carbocycles. The molecule has 0 saturated heterocycles. The summed E-state index contributed by atoms with van der Waals surface area (Å²) in [7, 11) is 0. The van der Waals surface area contributed by atoms with Crippen molar-refractivity contribution in [3.05, 3.63) is 68.8 Å². The lowest BCUT2D eigenvalue weighted by Crippen LogP contribution is -1.98. The van der Waals surface area contributed by atoms with Gasteiger partial charge in [0.05, 0.1) is 4.92 Å². The van der Waals surface area contributed by atoms with E-state index in [1.807, 2.05) is 13.8 Å². The standard InChI is InChI=1S/C15H16N2O2/c1-10-5-11(2)7-12(6-10)8-13-9-14(17(18)19)3-4-15(13)16/h3-7,9H,8,16H2,1-2H3. The number of rotatable bonds is 3. The first-order chi connectivity index (χ1) is 8.95. The second-order valence-electron chi connectivity index (χ2n) is 4.81. The Balaban J connectivity index is 2.37. The van der Waals surface area contributed by atoms with E-state index in [0.717, 1.165) is 11.1 Å². The molecular weight excluding hydrogens is 240 g/mol. The average Bonchev–Trinajstić information content (AvgIpc) is 2.30. The second kappa shape index (κ2) is 5.10. The number of nitrogen functional groups attached to an aromatic ring is 1. The van der Waals surface area contributed by atoms with Crippen LogP contribution in [0.5, 0.6) is 0 Å². The van der Waals surface area contributed by atoms with Crippen LogP contribution in [0.15, 0.2) is 36.4 Å². The van der Waals surface area contributed by atoms with Crippen LogP contribution in [0.3, 0.4) is 0 Å². The monoisotopic (exact) mass is 256 g/mol. The van der Waals surface area contributed by atoms with Gasteiger partial charge in [0.2, 0.25) is 0 Å². The molecule has 0 bridgehead atoms. The Morgan fingerprint density at radius 3 is 2.32 bits per heavy atom. The Hall–Kier alpha value is -2.36. The minimum Gasteiger partial charge on any atom is -0.398 e. The number of nitrogens with two attached hydrogens (primary N) is 1. The number of aryl methyl sites for hydroxylation is 2. The van der Waals surface area contributed by atoms with E-state index in [-0.39, 0.29) is 5.69 Å². The van der Waals surface area contributed by atoms with Crippen molar-refractivity contribution in [2.45, 2.75) is 20.3 Å². The van der Waals surface area contributed by atoms with Crippen LogP contribution in [0, 0.1) is 24.0 Å². The Morgan fingerprint density at radius 2 is 1.74 bits per heavy atom. The van der Waals surface area contributed by atoms with Gasteiger partial charge in [-0.15, -0.1) is 0 Å². The molecule has 0 aliphatic carbocycles. The summed E-state index contributed by atoms with van der Waals surface area (Å²) in [5.74, 6) is 0. The third kappa shape index (κ3) is 3.10. The molecule has 0 heterocycles. The second-order valence-corrected chi connectivity index (χ2v) is 4.81. The molecule has 0 aliphatic rings. The van der Waals surface area contributed by atoms with Gasteiger partial charge < -0.3 is 5.73 Å². The van der Waals surface area contributed by atoms with Gasteiger partial charge in [0.25, 0.3) is 5.69 Å². The zero-order chi connectivity index (χ0) is 14.0. The third-order valence-corrected chi connectivity index (χ3v) is 3.01. The van der Waals surface area contributed by atoms with Crippen molar-refractivity contribution >= 4 is 11.4 Å². The summed E-state index contributed by atoms with van der Waals surface area (Å²) < 4.78 is 0. The summed E-state index contributed by atoms with van der Waals surface area (Å²) in [6, 6.07) is 10.8. The minimum atomic E-state index is -0.398. The van der Waals surface area contributed by atoms with Crippen molar-refractivity contribution in [3.8, 4) is 0 Å². The van der Waals surface area contributed by atoms with Crippen LogP contribution in [0.1, 0.15) is 22.3 Å². The molecule has 2 rings (SSSR count). The molecule has 0 atom stereocenters. The van der Waals surface area contributed by atoms with E-state index in [1.165, 1.54) is 17.2 Å². The summed E-state index contributed by atoms with van der Waals surface area (Å²) in [6.45, 7) is 4.07. The quantitative estimate of drug-likeness (QED) is 0.520. The van der Waals surface area contributed by atoms with Gasteiger partial charge in [-0.1, -0.05) is 29.3 Å². The Kier molecular flexibility index (Phi) is 3.51. The molecule has 4 heteroatoms. The highest BCUT2D eigenvalue weighted by Crippen LogP contribution is 2.23. The number of hydrogen-bond donors (Lipinski definition) is 1. The van der Waals surface area contributed by atoms with Crippen LogP contribution in [0.2, 0.25) is 0 Å². The summed E-state index contributed by atoms with van der Waals surface area (Å²) in [5.41, 5.74) is 10.8. The van der Waals surface area contributed by atoms with E-state index in [4.69, 9.17) is 5.73 Å². The molecule has 0 spiro atoms. The van der Waals surface area contributed by atoms with E-state index in [0.29, 0.717) is 12.1 Å². The largest absolute Gasteiger partial charge is 0.398 e.